The van der Waals surface area contributed by atoms with Crippen LogP contribution in [0.3, 0.4) is 0 Å². The molecule has 103 heavy (non-hydrogen) atoms. The molecule has 9 amide bonds. The Morgan fingerprint density at radius 2 is 0.699 bits per heavy atom. The molecule has 0 spiro atoms. The molecular formula is C69H106Cl3IN7O23-. The molecular weight excluding hydrogens is 1530 g/mol. The molecule has 2 aliphatic heterocycles. The maximum absolute atomic E-state index is 12.5. The summed E-state index contributed by atoms with van der Waals surface area (Å²) >= 11 is 17.3. The van der Waals surface area contributed by atoms with Crippen LogP contribution in [0.25, 0.3) is 0 Å². The molecule has 0 saturated carbocycles. The number of amides is 9. The fraction of sp³-hybridized carbons (Fsp3) is 0.551. The third-order valence-corrected chi connectivity index (χ3v) is 12.4. The first-order valence-corrected chi connectivity index (χ1v) is 34.6. The van der Waals surface area contributed by atoms with E-state index < -0.39 is 130 Å². The van der Waals surface area contributed by atoms with Crippen molar-refractivity contribution in [2.24, 2.45) is 0 Å². The summed E-state index contributed by atoms with van der Waals surface area (Å²) < 4.78 is 26.6. The first kappa shape index (κ1) is 99.1. The second kappa shape index (κ2) is 49.5. The molecule has 0 aromatic heterocycles. The summed E-state index contributed by atoms with van der Waals surface area (Å²) in [4.78, 5) is 155. The van der Waals surface area contributed by atoms with Gasteiger partial charge in [0.1, 0.15) is 52.6 Å². The minimum atomic E-state index is -1.16. The van der Waals surface area contributed by atoms with E-state index in [1.807, 2.05) is 4.93 Å². The van der Waals surface area contributed by atoms with Crippen LogP contribution in [-0.2, 0) is 86.2 Å². The van der Waals surface area contributed by atoms with Crippen molar-refractivity contribution in [2.45, 2.75) is 242 Å². The number of hydroxylamine groups is 4. The van der Waals surface area contributed by atoms with Crippen LogP contribution in [0.15, 0.2) is 72.8 Å². The third-order valence-electron chi connectivity index (χ3n) is 11.7. The number of ether oxygens (including phenoxy) is 4. The minimum absolute atomic E-state index is 0. The molecule has 5 rings (SSSR count). The monoisotopic (exact) mass is 1630 g/mol. The van der Waals surface area contributed by atoms with Crippen molar-refractivity contribution in [1.82, 2.24) is 36.7 Å². The number of carboxylic acids is 3. The Morgan fingerprint density at radius 3 is 0.951 bits per heavy atom. The van der Waals surface area contributed by atoms with Gasteiger partial charge in [0.05, 0.1) is 0 Å². The fourth-order valence-electron chi connectivity index (χ4n) is 7.30. The number of carboxylic acid groups (broad SMARTS) is 3. The van der Waals surface area contributed by atoms with Crippen LogP contribution in [-0.4, -0.2) is 178 Å². The third kappa shape index (κ3) is 48.5. The van der Waals surface area contributed by atoms with Gasteiger partial charge in [0.25, 0.3) is 23.6 Å². The Balaban J connectivity index is -0.000000606. The molecule has 5 atom stereocenters. The number of alkyl carbamates (subject to hydrolysis) is 4. The Bertz CT molecular complexity index is 3180. The predicted octanol–water partition coefficient (Wildman–Crippen LogP) is 7.46. The Labute approximate surface area is 632 Å². The summed E-state index contributed by atoms with van der Waals surface area (Å²) in [6, 6.07) is 15.1. The second-order valence-corrected chi connectivity index (χ2v) is 27.2. The van der Waals surface area contributed by atoms with Crippen molar-refractivity contribution < 1.29 is 134 Å². The van der Waals surface area contributed by atoms with Gasteiger partial charge in [-0.2, -0.15) is 5.06 Å². The van der Waals surface area contributed by atoms with Crippen LogP contribution >= 0.6 is 34.8 Å². The number of carbonyl (C=O) groups is 13. The Kier molecular flexibility index (Phi) is 47.6. The van der Waals surface area contributed by atoms with E-state index in [4.69, 9.17) is 84.8 Å². The summed E-state index contributed by atoms with van der Waals surface area (Å²) in [7, 11) is 0. The van der Waals surface area contributed by atoms with Gasteiger partial charge in [-0.15, -0.1) is 5.06 Å². The fourth-order valence-corrected chi connectivity index (χ4v) is 7.67. The number of carbonyl (C=O) groups excluding carboxylic acids is 10. The van der Waals surface area contributed by atoms with Crippen LogP contribution in [0.4, 0.5) is 19.2 Å². The number of aliphatic hydroxyl groups excluding tert-OH is 1. The van der Waals surface area contributed by atoms with E-state index in [1.54, 1.807) is 184 Å². The quantitative estimate of drug-likeness (QED) is 0.0183. The van der Waals surface area contributed by atoms with Gasteiger partial charge in [0.2, 0.25) is 5.91 Å². The SMILES string of the molecule is C.C.CC(C)(C)OC(=O)N[C@@H](Cc1ccc(Cl)cc1)C(=O)O.CC(C)(C)OC(=O)N[C@@H](Cc1ccc(Cl)cc1)C(=O)ON1C(=O)CCC1=O.CC(C)O.CC[C@@H](NC(=O)OC(C)(C)C)C(=O)O.CC[C@@H](NC(=O)[C@H](Cc1ccc(Cl)cc1)NC(=O)OC(C)(C)C)C(=O)O.O=C1CCC(=O)N1O.[2H][I-]C. The van der Waals surface area contributed by atoms with E-state index in [1.165, 1.54) is 0 Å². The van der Waals surface area contributed by atoms with Crippen molar-refractivity contribution in [3.63, 3.8) is 0 Å². The van der Waals surface area contributed by atoms with Gasteiger partial charge in [0.15, 0.2) is 0 Å². The molecule has 584 valence electrons. The zero-order valence-electron chi connectivity index (χ0n) is 60.7. The molecule has 34 heteroatoms. The number of halogens is 4. The van der Waals surface area contributed by atoms with Gasteiger partial charge >= 0.3 is 76.2 Å². The van der Waals surface area contributed by atoms with E-state index in [2.05, 4.69) is 26.6 Å². The Hall–Kier alpha value is -8.11. The standard InChI is InChI=1S/C18H21ClN2O6.C18H25ClN2O5.C14H18ClNO4.C9H17NO4.C4H5NO3.C3H8O.CH4I.2CH4/c1-18(2,3)26-17(25)20-13(10-11-4-6-12(19)7-5-11)16(24)27-21-14(22)8-9-15(21)23;1-5-13(16(23)24)20-15(22)14(21-17(25)26-18(2,3)4)10-11-6-8-12(19)9-7-11;1-14(2,3)20-13(19)16-11(12(17)18)8-9-4-6-10(15)7-5-9;1-5-6(7(11)12)10-8(13)14-9(2,3)4;6-3-1-2-4(7)5(3)8;1-3(2)4;1-2;;/h4-7,13H,8-10H2,1-3H3,(H,20,25);6-9,13-14H,5,10H2,1-4H3,(H,20,22)(H,21,25)(H,23,24);4-7,11H,8H2,1-3H3,(H,16,19)(H,17,18);6H,5H2,1-4H3,(H,10,13)(H,11,12);8H,1-2H2;3-4H,1-2H3;2H,1H3;2*1H4/q;;;;;;-1;;/t13-;13-,14+;11-;6-;;;;;/m0101...../s1/i;;;;;;2D;;. The van der Waals surface area contributed by atoms with Gasteiger partial charge in [0, 0.05) is 66.1 Å². The number of rotatable bonds is 19. The van der Waals surface area contributed by atoms with Gasteiger partial charge in [-0.25, -0.2) is 38.4 Å². The predicted molar refractivity (Wildman–Crippen MR) is 382 cm³/mol. The summed E-state index contributed by atoms with van der Waals surface area (Å²) in [6.45, 7) is 27.2. The number of nitrogens with one attached hydrogen (secondary N) is 5. The van der Waals surface area contributed by atoms with Crippen LogP contribution < -0.4 is 49.0 Å². The summed E-state index contributed by atoms with van der Waals surface area (Å²) in [5, 5.41) is 57.6. The van der Waals surface area contributed by atoms with Crippen molar-refractivity contribution in [3.8, 4) is 0 Å². The zero-order chi connectivity index (χ0) is 79.2. The van der Waals surface area contributed by atoms with E-state index in [0.29, 0.717) is 32.1 Å². The average molecular weight is 1640 g/mol. The van der Waals surface area contributed by atoms with Crippen molar-refractivity contribution in [3.05, 3.63) is 105 Å². The van der Waals surface area contributed by atoms with Crippen LogP contribution in [0, 0.1) is 0 Å². The van der Waals surface area contributed by atoms with E-state index in [-0.39, 0.29) is 99.8 Å². The summed E-state index contributed by atoms with van der Waals surface area (Å²) in [6.07, 6.45) is -2.00. The molecule has 2 aliphatic rings. The van der Waals surface area contributed by atoms with Crippen LogP contribution in [0.2, 0.25) is 15.1 Å². The molecule has 3 aromatic carbocycles. The topological polar surface area (TPSA) is 436 Å². The van der Waals surface area contributed by atoms with Crippen molar-refractivity contribution in [1.29, 1.82) is 0.594 Å². The molecule has 0 bridgehead atoms. The molecule has 0 aliphatic carbocycles. The molecule has 2 saturated heterocycles. The number of hydrogen-bond acceptors (Lipinski definition) is 20. The molecule has 30 nitrogen and oxygen atoms in total. The van der Waals surface area contributed by atoms with Gasteiger partial charge in [-0.05, 0) is 163 Å². The number of hydrogen-bond donors (Lipinski definition) is 10. The first-order valence-electron chi connectivity index (χ1n) is 31.7. The van der Waals surface area contributed by atoms with Gasteiger partial charge in [-0.3, -0.25) is 29.2 Å². The Morgan fingerprint density at radius 1 is 0.466 bits per heavy atom. The summed E-state index contributed by atoms with van der Waals surface area (Å²) in [5.41, 5.74) is -0.560. The average Bonchev–Trinajstić information content (AvgIpc) is 1.62. The van der Waals surface area contributed by atoms with E-state index in [9.17, 15) is 62.3 Å². The number of benzene rings is 3. The number of alkyl halides is 1. The molecule has 10 N–H and O–H groups in total. The molecule has 0 unspecified atom stereocenters. The molecule has 2 fully saturated rings. The maximum atomic E-state index is 12.5. The first-order chi connectivity index (χ1) is 46.9. The van der Waals surface area contributed by atoms with Crippen LogP contribution in [0.5, 0.6) is 0 Å². The number of aliphatic carboxylic acids is 3. The van der Waals surface area contributed by atoms with Crippen LogP contribution in [0.1, 0.15) is 181 Å². The molecule has 3 aromatic rings. The number of nitrogens with zero attached hydrogens (tertiary/aromatic N) is 2. The van der Waals surface area contributed by atoms with Crippen molar-refractivity contribution in [2.75, 3.05) is 4.93 Å². The van der Waals surface area contributed by atoms with Crippen molar-refractivity contribution >= 4 is 113 Å². The second-order valence-electron chi connectivity index (χ2n) is 25.9. The summed E-state index contributed by atoms with van der Waals surface area (Å²) in [5.74, 6) is -7.07. The zero-order valence-corrected chi connectivity index (χ0v) is 64.2. The number of aliphatic hydroxyl groups is 1. The van der Waals surface area contributed by atoms with Gasteiger partial charge < -0.3 is 70.8 Å². The van der Waals surface area contributed by atoms with Gasteiger partial charge in [-0.1, -0.05) is 99.9 Å². The van der Waals surface area contributed by atoms with E-state index in [0.717, 1.165) is 11.1 Å². The molecule has 2 heterocycles. The number of imide groups is 2. The van der Waals surface area contributed by atoms with E-state index >= 15 is 0 Å². The molecule has 0 radical (unpaired) electrons. The normalized spacial score (nSPS) is 13.8.